The lowest BCUT2D eigenvalue weighted by Crippen LogP contribution is -2.36. The predicted octanol–water partition coefficient (Wildman–Crippen LogP) is 2.10. The summed E-state index contributed by atoms with van der Waals surface area (Å²) in [6.07, 6.45) is 3.52. The van der Waals surface area contributed by atoms with Gasteiger partial charge in [0.05, 0.1) is 12.7 Å². The molecule has 0 radical (unpaired) electrons. The maximum atomic E-state index is 12.1. The predicted molar refractivity (Wildman–Crippen MR) is 68.2 cm³/mol. The van der Waals surface area contributed by atoms with Crippen LogP contribution in [0.1, 0.15) is 38.4 Å². The fraction of sp³-hybridized carbons (Fsp3) is 0.692. The Balaban J connectivity index is 2.10. The van der Waals surface area contributed by atoms with Crippen LogP contribution in [-0.4, -0.2) is 32.9 Å². The molecule has 0 saturated carbocycles. The number of aryl methyl sites for hydroxylation is 1. The van der Waals surface area contributed by atoms with Crippen molar-refractivity contribution in [1.29, 1.82) is 0 Å². The van der Waals surface area contributed by atoms with Gasteiger partial charge in [0, 0.05) is 24.8 Å². The summed E-state index contributed by atoms with van der Waals surface area (Å²) in [5, 5.41) is 4.25. The highest BCUT2D eigenvalue weighted by molar-refractivity contribution is 5.68. The van der Waals surface area contributed by atoms with Crippen LogP contribution in [0.15, 0.2) is 6.20 Å². The molecule has 2 rings (SSSR count). The van der Waals surface area contributed by atoms with E-state index in [2.05, 4.69) is 5.10 Å². The summed E-state index contributed by atoms with van der Waals surface area (Å²) >= 11 is 0. The molecule has 0 fully saturated rings. The van der Waals surface area contributed by atoms with E-state index in [0.717, 1.165) is 24.9 Å². The normalized spacial score (nSPS) is 16.1. The van der Waals surface area contributed by atoms with E-state index >= 15 is 0 Å². The van der Waals surface area contributed by atoms with Crippen molar-refractivity contribution in [2.24, 2.45) is 7.05 Å². The lowest BCUT2D eigenvalue weighted by Gasteiger charge is -2.26. The zero-order chi connectivity index (χ0) is 13.3. The summed E-state index contributed by atoms with van der Waals surface area (Å²) in [4.78, 5) is 13.8. The minimum absolute atomic E-state index is 0.237. The molecule has 0 saturated heterocycles. The van der Waals surface area contributed by atoms with E-state index < -0.39 is 5.60 Å². The molecule has 0 N–H and O–H groups in total. The number of aromatic nitrogens is 2. The number of rotatable bonds is 0. The summed E-state index contributed by atoms with van der Waals surface area (Å²) in [6, 6.07) is 0. The van der Waals surface area contributed by atoms with Crippen molar-refractivity contribution in [2.45, 2.75) is 45.8 Å². The quantitative estimate of drug-likeness (QED) is 0.709. The van der Waals surface area contributed by atoms with Crippen LogP contribution in [-0.2, 0) is 24.8 Å². The minimum atomic E-state index is -0.443. The molecule has 5 nitrogen and oxygen atoms in total. The van der Waals surface area contributed by atoms with Crippen LogP contribution < -0.4 is 0 Å². The Labute approximate surface area is 108 Å². The van der Waals surface area contributed by atoms with Crippen molar-refractivity contribution in [3.63, 3.8) is 0 Å². The van der Waals surface area contributed by atoms with Crippen molar-refractivity contribution in [3.8, 4) is 0 Å². The van der Waals surface area contributed by atoms with E-state index in [1.165, 1.54) is 5.69 Å². The molecule has 1 aromatic rings. The first-order valence-electron chi connectivity index (χ1n) is 6.34. The SMILES string of the molecule is Cn1ncc2c1CCCN(C(=O)OC(C)(C)C)C2. The van der Waals surface area contributed by atoms with Gasteiger partial charge in [-0.3, -0.25) is 4.68 Å². The highest BCUT2D eigenvalue weighted by Gasteiger charge is 2.25. The third kappa shape index (κ3) is 2.83. The topological polar surface area (TPSA) is 47.4 Å². The van der Waals surface area contributed by atoms with Crippen molar-refractivity contribution in [2.75, 3.05) is 6.54 Å². The van der Waals surface area contributed by atoms with Crippen molar-refractivity contribution < 1.29 is 9.53 Å². The van der Waals surface area contributed by atoms with Crippen LogP contribution in [0.25, 0.3) is 0 Å². The van der Waals surface area contributed by atoms with E-state index in [0.29, 0.717) is 6.54 Å². The minimum Gasteiger partial charge on any atom is -0.444 e. The van der Waals surface area contributed by atoms with Gasteiger partial charge < -0.3 is 9.64 Å². The molecule has 0 unspecified atom stereocenters. The lowest BCUT2D eigenvalue weighted by atomic mass is 10.2. The van der Waals surface area contributed by atoms with Crippen molar-refractivity contribution in [3.05, 3.63) is 17.5 Å². The molecular weight excluding hydrogens is 230 g/mol. The van der Waals surface area contributed by atoms with Crippen molar-refractivity contribution in [1.82, 2.24) is 14.7 Å². The Morgan fingerprint density at radius 3 is 2.83 bits per heavy atom. The summed E-state index contributed by atoms with van der Waals surface area (Å²) in [6.45, 7) is 7.00. The van der Waals surface area contributed by atoms with Gasteiger partial charge in [-0.05, 0) is 33.6 Å². The summed E-state index contributed by atoms with van der Waals surface area (Å²) < 4.78 is 7.31. The average Bonchev–Trinajstić information content (AvgIpc) is 2.49. The molecule has 0 aromatic carbocycles. The van der Waals surface area contributed by atoms with Gasteiger partial charge in [0.15, 0.2) is 0 Å². The van der Waals surface area contributed by atoms with E-state index in [9.17, 15) is 4.79 Å². The number of hydrogen-bond donors (Lipinski definition) is 0. The van der Waals surface area contributed by atoms with Gasteiger partial charge in [-0.15, -0.1) is 0 Å². The number of ether oxygens (including phenoxy) is 1. The molecule has 1 aliphatic rings. The number of fused-ring (bicyclic) bond motifs is 1. The zero-order valence-corrected chi connectivity index (χ0v) is 11.6. The second-order valence-corrected chi connectivity index (χ2v) is 5.75. The Morgan fingerprint density at radius 1 is 1.44 bits per heavy atom. The third-order valence-electron chi connectivity index (χ3n) is 3.00. The Morgan fingerprint density at radius 2 is 2.17 bits per heavy atom. The van der Waals surface area contributed by atoms with E-state index in [-0.39, 0.29) is 6.09 Å². The first kappa shape index (κ1) is 12.9. The maximum absolute atomic E-state index is 12.1. The number of amides is 1. The van der Waals surface area contributed by atoms with Crippen LogP contribution in [0.5, 0.6) is 0 Å². The third-order valence-corrected chi connectivity index (χ3v) is 3.00. The summed E-state index contributed by atoms with van der Waals surface area (Å²) in [7, 11) is 1.95. The largest absolute Gasteiger partial charge is 0.444 e. The number of nitrogens with zero attached hydrogens (tertiary/aromatic N) is 3. The molecule has 0 bridgehead atoms. The Hall–Kier alpha value is -1.52. The summed E-state index contributed by atoms with van der Waals surface area (Å²) in [5.41, 5.74) is 1.91. The van der Waals surface area contributed by atoms with Crippen LogP contribution in [0.3, 0.4) is 0 Å². The van der Waals surface area contributed by atoms with Crippen molar-refractivity contribution >= 4 is 6.09 Å². The molecule has 0 atom stereocenters. The van der Waals surface area contributed by atoms with Gasteiger partial charge in [-0.1, -0.05) is 0 Å². The zero-order valence-electron chi connectivity index (χ0n) is 11.6. The van der Waals surface area contributed by atoms with Gasteiger partial charge in [0.1, 0.15) is 5.60 Å². The lowest BCUT2D eigenvalue weighted by molar-refractivity contribution is 0.0237. The van der Waals surface area contributed by atoms with Gasteiger partial charge in [-0.25, -0.2) is 4.79 Å². The number of hydrogen-bond acceptors (Lipinski definition) is 3. The molecule has 0 aliphatic carbocycles. The second kappa shape index (κ2) is 4.63. The smallest absolute Gasteiger partial charge is 0.410 e. The Kier molecular flexibility index (Phi) is 3.32. The molecule has 1 aromatic heterocycles. The van der Waals surface area contributed by atoms with Crippen LogP contribution in [0.4, 0.5) is 4.79 Å². The first-order valence-corrected chi connectivity index (χ1v) is 6.34. The number of carbonyl (C=O) groups excluding carboxylic acids is 1. The molecule has 0 spiro atoms. The second-order valence-electron chi connectivity index (χ2n) is 5.75. The molecule has 100 valence electrons. The Bertz CT molecular complexity index is 446. The van der Waals surface area contributed by atoms with E-state index in [1.54, 1.807) is 4.90 Å². The molecule has 1 aliphatic heterocycles. The van der Waals surface area contributed by atoms with Gasteiger partial charge in [0.25, 0.3) is 0 Å². The van der Waals surface area contributed by atoms with Crippen LogP contribution >= 0.6 is 0 Å². The molecular formula is C13H21N3O2. The van der Waals surface area contributed by atoms with Gasteiger partial charge >= 0.3 is 6.09 Å². The first-order chi connectivity index (χ1) is 8.37. The summed E-state index contributed by atoms with van der Waals surface area (Å²) in [5.74, 6) is 0. The highest BCUT2D eigenvalue weighted by atomic mass is 16.6. The molecule has 1 amide bonds. The van der Waals surface area contributed by atoms with Gasteiger partial charge in [-0.2, -0.15) is 5.10 Å². The standard InChI is InChI=1S/C13H21N3O2/c1-13(2,3)18-12(17)16-7-5-6-11-10(9-16)8-14-15(11)4/h8H,5-7,9H2,1-4H3. The van der Waals surface area contributed by atoms with E-state index in [1.807, 2.05) is 38.7 Å². The fourth-order valence-corrected chi connectivity index (χ4v) is 2.17. The monoisotopic (exact) mass is 251 g/mol. The van der Waals surface area contributed by atoms with Gasteiger partial charge in [0.2, 0.25) is 0 Å². The fourth-order valence-electron chi connectivity index (χ4n) is 2.17. The molecule has 18 heavy (non-hydrogen) atoms. The number of carbonyl (C=O) groups is 1. The molecule has 5 heteroatoms. The van der Waals surface area contributed by atoms with Crippen LogP contribution in [0.2, 0.25) is 0 Å². The van der Waals surface area contributed by atoms with E-state index in [4.69, 9.17) is 4.74 Å². The average molecular weight is 251 g/mol. The highest BCUT2D eigenvalue weighted by Crippen LogP contribution is 2.19. The molecule has 2 heterocycles. The maximum Gasteiger partial charge on any atom is 0.410 e. The van der Waals surface area contributed by atoms with Crippen LogP contribution in [0, 0.1) is 0 Å².